The van der Waals surface area contributed by atoms with Gasteiger partial charge in [-0.1, -0.05) is 57.2 Å². The molecule has 5 atom stereocenters. The van der Waals surface area contributed by atoms with E-state index in [1.165, 1.54) is 11.0 Å². The Labute approximate surface area is 333 Å². The summed E-state index contributed by atoms with van der Waals surface area (Å²) in [5.41, 5.74) is -0.0844. The van der Waals surface area contributed by atoms with E-state index in [2.05, 4.69) is 16.6 Å². The maximum absolute atomic E-state index is 14.8. The fourth-order valence-corrected chi connectivity index (χ4v) is 9.18. The lowest BCUT2D eigenvalue weighted by Crippen LogP contribution is -2.57. The number of morpholine rings is 1. The normalized spacial score (nSPS) is 24.0. The molecule has 0 radical (unpaired) electrons. The number of hydrogen-bond donors (Lipinski definition) is 2. The topological polar surface area (TPSA) is 174 Å². The first-order chi connectivity index (χ1) is 27.1. The molecule has 2 aliphatic carbocycles. The van der Waals surface area contributed by atoms with Crippen LogP contribution in [-0.4, -0.2) is 110 Å². The number of nitrogens with zero attached hydrogens (tertiary/aromatic N) is 3. The van der Waals surface area contributed by atoms with E-state index < -0.39 is 67.9 Å². The number of hydrogen-bond acceptors (Lipinski definition) is 10. The van der Waals surface area contributed by atoms with Crippen molar-refractivity contribution in [3.8, 4) is 22.8 Å². The summed E-state index contributed by atoms with van der Waals surface area (Å²) in [7, 11) is -2.33. The lowest BCUT2D eigenvalue weighted by atomic mass is 9.77. The summed E-state index contributed by atoms with van der Waals surface area (Å²) < 4.78 is 45.5. The Hall–Kier alpha value is -5.02. The molecule has 57 heavy (non-hydrogen) atoms. The zero-order valence-corrected chi connectivity index (χ0v) is 33.7. The third-order valence-electron chi connectivity index (χ3n) is 11.5. The number of pyridine rings is 1. The van der Waals surface area contributed by atoms with Crippen LogP contribution >= 0.6 is 0 Å². The number of carbonyl (C=O) groups is 4. The van der Waals surface area contributed by atoms with Crippen LogP contribution in [0.25, 0.3) is 22.2 Å². The molecule has 1 aromatic heterocycles. The molecule has 15 heteroatoms. The number of nitrogens with one attached hydrogen (secondary N) is 2. The lowest BCUT2D eigenvalue weighted by molar-refractivity contribution is -0.149. The molecular weight excluding hydrogens is 751 g/mol. The molecule has 0 bridgehead atoms. The quantitative estimate of drug-likeness (QED) is 0.242. The van der Waals surface area contributed by atoms with Crippen molar-refractivity contribution in [1.82, 2.24) is 24.8 Å². The zero-order valence-electron chi connectivity index (χ0n) is 32.9. The van der Waals surface area contributed by atoms with Crippen LogP contribution in [0, 0.1) is 17.3 Å². The fourth-order valence-electron chi connectivity index (χ4n) is 7.81. The molecule has 4 amide bonds. The Morgan fingerprint density at radius 3 is 2.42 bits per heavy atom. The second kappa shape index (κ2) is 15.7. The number of fused-ring (bicyclic) bond motifs is 1. The maximum atomic E-state index is 14.8. The summed E-state index contributed by atoms with van der Waals surface area (Å²) in [6.07, 6.45) is 1.90. The van der Waals surface area contributed by atoms with Crippen molar-refractivity contribution in [2.24, 2.45) is 17.3 Å². The highest BCUT2D eigenvalue weighted by Crippen LogP contribution is 2.46. The van der Waals surface area contributed by atoms with E-state index in [1.807, 2.05) is 69.3 Å². The van der Waals surface area contributed by atoms with Crippen molar-refractivity contribution in [3.63, 3.8) is 0 Å². The summed E-state index contributed by atoms with van der Waals surface area (Å²) in [4.78, 5) is 64.6. The Kier molecular flexibility index (Phi) is 11.1. The van der Waals surface area contributed by atoms with E-state index in [-0.39, 0.29) is 31.7 Å². The van der Waals surface area contributed by atoms with E-state index in [0.717, 1.165) is 5.56 Å². The van der Waals surface area contributed by atoms with E-state index in [9.17, 15) is 27.6 Å². The molecule has 7 rings (SSSR count). The number of ether oxygens (including phenoxy) is 3. The molecule has 1 unspecified atom stereocenters. The molecule has 2 saturated carbocycles. The summed E-state index contributed by atoms with van der Waals surface area (Å²) >= 11 is 0. The molecule has 4 aliphatic rings. The van der Waals surface area contributed by atoms with Crippen LogP contribution in [0.15, 0.2) is 67.3 Å². The summed E-state index contributed by atoms with van der Waals surface area (Å²) in [5, 5.41) is 2.91. The highest BCUT2D eigenvalue weighted by molar-refractivity contribution is 7.91. The van der Waals surface area contributed by atoms with Gasteiger partial charge in [0.15, 0.2) is 0 Å². The Morgan fingerprint density at radius 1 is 1.07 bits per heavy atom. The van der Waals surface area contributed by atoms with Crippen LogP contribution < -0.4 is 19.5 Å². The molecular formula is C42H51N5O9S. The van der Waals surface area contributed by atoms with Gasteiger partial charge in [-0.2, -0.15) is 0 Å². The first-order valence-electron chi connectivity index (χ1n) is 19.5. The van der Waals surface area contributed by atoms with Gasteiger partial charge < -0.3 is 29.3 Å². The number of aromatic nitrogens is 1. The minimum Gasteiger partial charge on any atom is -0.497 e. The van der Waals surface area contributed by atoms with Crippen LogP contribution in [-0.2, 0) is 33.9 Å². The third-order valence-corrected chi connectivity index (χ3v) is 13.3. The number of amides is 4. The van der Waals surface area contributed by atoms with Crippen LogP contribution in [0.3, 0.4) is 0 Å². The Morgan fingerprint density at radius 2 is 1.79 bits per heavy atom. The minimum atomic E-state index is -3.90. The third kappa shape index (κ3) is 8.50. The summed E-state index contributed by atoms with van der Waals surface area (Å²) in [5.74, 6) is -2.24. The van der Waals surface area contributed by atoms with E-state index in [0.29, 0.717) is 67.2 Å². The SMILES string of the molecule is C=CC1C[C@]1(NC(=O)[C@@H]1C[C@@H](Oc2cc(-c3ccccc3)nc3cc(OC)ccc23)CN1C(=O)[C@@H](CC(=O)N1CCOCC1)C(C)(C)C)C(=O)NS(=O)(=O)C1CC1. The largest absolute Gasteiger partial charge is 0.497 e. The lowest BCUT2D eigenvalue weighted by Gasteiger charge is -2.36. The van der Waals surface area contributed by atoms with Gasteiger partial charge in [0.25, 0.3) is 5.91 Å². The van der Waals surface area contributed by atoms with Crippen LogP contribution in [0.5, 0.6) is 11.5 Å². The molecule has 0 spiro atoms. The van der Waals surface area contributed by atoms with E-state index in [1.54, 1.807) is 18.1 Å². The Balaban J connectivity index is 1.21. The van der Waals surface area contributed by atoms with Crippen molar-refractivity contribution in [3.05, 3.63) is 67.3 Å². The second-order valence-electron chi connectivity index (χ2n) is 16.5. The molecule has 2 N–H and O–H groups in total. The standard InChI is InChI=1S/C42H51N5O9S/c1-6-27-24-42(27,40(51)45-57(52,53)30-13-14-30)44-38(49)35-21-29(25-47(35)39(50)32(41(2,3)4)22-37(48)46-16-18-55-19-17-46)56-36-23-33(26-10-8-7-9-11-26)43-34-20-28(54-5)12-15-31(34)36/h6-12,15,20,23,27,29-30,32,35H,1,13-14,16-19,21-22,24-25H2,2-5H3,(H,44,49)(H,45,51)/t27?,29-,32-,35+,42-/m1/s1. The van der Waals surface area contributed by atoms with Crippen molar-refractivity contribution in [2.75, 3.05) is 40.0 Å². The molecule has 2 aromatic carbocycles. The average molecular weight is 802 g/mol. The smallest absolute Gasteiger partial charge is 0.259 e. The monoisotopic (exact) mass is 801 g/mol. The molecule has 3 heterocycles. The average Bonchev–Trinajstić information content (AvgIpc) is 4.13. The summed E-state index contributed by atoms with van der Waals surface area (Å²) in [6, 6.07) is 15.8. The van der Waals surface area contributed by atoms with Gasteiger partial charge in [0.2, 0.25) is 27.7 Å². The maximum Gasteiger partial charge on any atom is 0.259 e. The number of rotatable bonds is 13. The first kappa shape index (κ1) is 40.2. The van der Waals surface area contributed by atoms with Gasteiger partial charge in [0, 0.05) is 54.9 Å². The predicted molar refractivity (Wildman–Crippen MR) is 212 cm³/mol. The minimum absolute atomic E-state index is 0.00995. The predicted octanol–water partition coefficient (Wildman–Crippen LogP) is 3.84. The van der Waals surface area contributed by atoms with E-state index in [4.69, 9.17) is 19.2 Å². The Bertz CT molecular complexity index is 2160. The van der Waals surface area contributed by atoms with Crippen LogP contribution in [0.4, 0.5) is 0 Å². The number of benzene rings is 2. The first-order valence-corrected chi connectivity index (χ1v) is 21.1. The van der Waals surface area contributed by atoms with Crippen molar-refractivity contribution in [1.29, 1.82) is 0 Å². The van der Waals surface area contributed by atoms with Gasteiger partial charge in [-0.15, -0.1) is 6.58 Å². The van der Waals surface area contributed by atoms with Crippen molar-refractivity contribution in [2.45, 2.75) is 75.8 Å². The van der Waals surface area contributed by atoms with E-state index >= 15 is 0 Å². The summed E-state index contributed by atoms with van der Waals surface area (Å²) in [6.45, 7) is 11.2. The van der Waals surface area contributed by atoms with Gasteiger partial charge in [-0.3, -0.25) is 23.9 Å². The molecule has 304 valence electrons. The van der Waals surface area contributed by atoms with Gasteiger partial charge in [0.05, 0.1) is 49.2 Å². The number of sulfonamides is 1. The molecule has 2 aliphatic heterocycles. The van der Waals surface area contributed by atoms with Gasteiger partial charge in [-0.05, 0) is 36.8 Å². The molecule has 2 saturated heterocycles. The fraction of sp³-hybridized carbons (Fsp3) is 0.500. The van der Waals surface area contributed by atoms with Gasteiger partial charge in [-0.25, -0.2) is 13.4 Å². The van der Waals surface area contributed by atoms with Gasteiger partial charge >= 0.3 is 0 Å². The molecule has 3 aromatic rings. The number of likely N-dealkylation sites (tertiary alicyclic amines) is 1. The second-order valence-corrected chi connectivity index (χ2v) is 18.5. The van der Waals surface area contributed by atoms with Crippen LogP contribution in [0.1, 0.15) is 52.9 Å². The molecule has 4 fully saturated rings. The zero-order chi connectivity index (χ0) is 40.7. The number of carbonyl (C=O) groups excluding carboxylic acids is 4. The molecule has 14 nitrogen and oxygen atoms in total. The van der Waals surface area contributed by atoms with Gasteiger partial charge in [0.1, 0.15) is 29.2 Å². The van der Waals surface area contributed by atoms with Crippen molar-refractivity contribution >= 4 is 44.6 Å². The van der Waals surface area contributed by atoms with Crippen molar-refractivity contribution < 1.29 is 41.8 Å². The van der Waals surface area contributed by atoms with Crippen LogP contribution in [0.2, 0.25) is 0 Å². The highest BCUT2D eigenvalue weighted by atomic mass is 32.2. The number of methoxy groups -OCH3 is 1. The highest BCUT2D eigenvalue weighted by Gasteiger charge is 2.62.